The number of nitrogens with two attached hydrogens (primary N) is 1. The summed E-state index contributed by atoms with van der Waals surface area (Å²) in [6.45, 7) is 1.69. The molecule has 0 unspecified atom stereocenters. The number of para-hydroxylation sites is 1. The number of carbonyl (C=O) groups excluding carboxylic acids is 5. The monoisotopic (exact) mass is 634 g/mol. The number of rotatable bonds is 7. The molecule has 3 aromatic carbocycles. The van der Waals surface area contributed by atoms with Gasteiger partial charge in [-0.15, -0.1) is 0 Å². The number of anilines is 1. The Labute approximate surface area is 270 Å². The number of nitrogens with one attached hydrogen (secondary N) is 1. The van der Waals surface area contributed by atoms with Gasteiger partial charge in [0.15, 0.2) is 0 Å². The number of hydrogen-bond donors (Lipinski definition) is 3. The maximum absolute atomic E-state index is 15.2. The lowest BCUT2D eigenvalue weighted by atomic mass is 9.49. The number of urea groups is 1. The zero-order valence-corrected chi connectivity index (χ0v) is 25.7. The average Bonchev–Trinajstić information content (AvgIpc) is 3.46. The number of likely N-dealkylation sites (tertiary alicyclic amines) is 1. The van der Waals surface area contributed by atoms with Crippen molar-refractivity contribution in [1.82, 2.24) is 9.91 Å². The van der Waals surface area contributed by atoms with Crippen molar-refractivity contribution >= 4 is 35.3 Å². The summed E-state index contributed by atoms with van der Waals surface area (Å²) in [5, 5.41) is 10.7. The highest BCUT2D eigenvalue weighted by Gasteiger charge is 2.70. The van der Waals surface area contributed by atoms with Crippen LogP contribution < -0.4 is 15.9 Å². The minimum atomic E-state index is -1.47. The van der Waals surface area contributed by atoms with Crippen LogP contribution in [0.25, 0.3) is 0 Å². The maximum atomic E-state index is 15.2. The summed E-state index contributed by atoms with van der Waals surface area (Å²) in [7, 11) is 0. The molecule has 7 rings (SSSR count). The van der Waals surface area contributed by atoms with Crippen LogP contribution in [-0.2, 0) is 24.6 Å². The highest BCUT2D eigenvalue weighted by Crippen LogP contribution is 2.64. The van der Waals surface area contributed by atoms with Crippen LogP contribution in [0.1, 0.15) is 35.4 Å². The van der Waals surface area contributed by atoms with E-state index in [2.05, 4.69) is 5.43 Å². The normalized spacial score (nSPS) is 28.0. The number of aliphatic hydroxyl groups is 1. The second-order valence-corrected chi connectivity index (χ2v) is 12.6. The molecular formula is C36H34N4O7. The molecule has 6 amide bonds. The standard InChI is InChI=1S/C36H34N4O7/c1-20-11-13-22(14-12-20)38-40-32(43)27-19-26-23(15-16-25-29(26)33(44)39(31(25)42)35(37)46)30(24-9-5-6-10-28(24)47-18-17-41)36(27,34(40)45)21-7-3-2-4-8-21/h2-15,25-27,29-30,38,41H,16-19H2,1H3,(H2,37,46)/t25-,26+,27-,29-,30+,36+/m0/s1. The predicted octanol–water partition coefficient (Wildman–Crippen LogP) is 3.43. The molecule has 2 heterocycles. The van der Waals surface area contributed by atoms with Crippen LogP contribution in [-0.4, -0.2) is 57.9 Å². The van der Waals surface area contributed by atoms with Crippen molar-refractivity contribution in [2.24, 2.45) is 29.4 Å². The number of hydrogen-bond acceptors (Lipinski definition) is 8. The highest BCUT2D eigenvalue weighted by molar-refractivity contribution is 6.17. The van der Waals surface area contributed by atoms with Gasteiger partial charge < -0.3 is 15.6 Å². The van der Waals surface area contributed by atoms with Crippen molar-refractivity contribution in [3.8, 4) is 5.75 Å². The molecule has 11 nitrogen and oxygen atoms in total. The number of benzene rings is 3. The Morgan fingerprint density at radius 2 is 1.64 bits per heavy atom. The van der Waals surface area contributed by atoms with Crippen molar-refractivity contribution in [2.45, 2.75) is 31.1 Å². The largest absolute Gasteiger partial charge is 0.491 e. The van der Waals surface area contributed by atoms with E-state index >= 15 is 4.79 Å². The molecule has 240 valence electrons. The van der Waals surface area contributed by atoms with E-state index in [-0.39, 0.29) is 26.1 Å². The number of aliphatic hydroxyl groups excluding tert-OH is 1. The van der Waals surface area contributed by atoms with E-state index < -0.39 is 64.7 Å². The molecule has 0 radical (unpaired) electrons. The van der Waals surface area contributed by atoms with Crippen LogP contribution in [0, 0.1) is 30.6 Å². The van der Waals surface area contributed by atoms with Gasteiger partial charge in [-0.3, -0.25) is 24.6 Å². The number of carbonyl (C=O) groups is 5. The van der Waals surface area contributed by atoms with Gasteiger partial charge in [0, 0.05) is 11.5 Å². The number of allylic oxidation sites excluding steroid dienone is 2. The first-order valence-corrected chi connectivity index (χ1v) is 15.7. The molecule has 0 aromatic heterocycles. The summed E-state index contributed by atoms with van der Waals surface area (Å²) in [4.78, 5) is 69.6. The van der Waals surface area contributed by atoms with E-state index in [4.69, 9.17) is 10.5 Å². The smallest absolute Gasteiger partial charge is 0.328 e. The Balaban J connectivity index is 1.47. The zero-order valence-electron chi connectivity index (χ0n) is 25.7. The van der Waals surface area contributed by atoms with Crippen LogP contribution in [0.3, 0.4) is 0 Å². The van der Waals surface area contributed by atoms with Crippen LogP contribution in [0.2, 0.25) is 0 Å². The average molecular weight is 635 g/mol. The minimum absolute atomic E-state index is 0.00673. The van der Waals surface area contributed by atoms with Crippen LogP contribution in [0.5, 0.6) is 5.75 Å². The second kappa shape index (κ2) is 11.5. The maximum Gasteiger partial charge on any atom is 0.328 e. The van der Waals surface area contributed by atoms with Gasteiger partial charge in [0.05, 0.1) is 35.5 Å². The van der Waals surface area contributed by atoms with Gasteiger partial charge in [-0.05, 0) is 49.4 Å². The van der Waals surface area contributed by atoms with E-state index in [9.17, 15) is 24.3 Å². The van der Waals surface area contributed by atoms with Crippen LogP contribution in [0.15, 0.2) is 90.5 Å². The van der Waals surface area contributed by atoms with Crippen molar-refractivity contribution in [1.29, 1.82) is 0 Å². The fourth-order valence-electron chi connectivity index (χ4n) is 8.31. The summed E-state index contributed by atoms with van der Waals surface area (Å²) in [5.74, 6) is -6.02. The third-order valence-corrected chi connectivity index (χ3v) is 10.2. The van der Waals surface area contributed by atoms with Gasteiger partial charge in [-0.25, -0.2) is 4.79 Å². The first-order valence-electron chi connectivity index (χ1n) is 15.7. The fraction of sp³-hybridized carbons (Fsp3) is 0.306. The molecule has 0 spiro atoms. The Morgan fingerprint density at radius 1 is 0.936 bits per heavy atom. The fourth-order valence-corrected chi connectivity index (χ4v) is 8.31. The van der Waals surface area contributed by atoms with Gasteiger partial charge in [-0.1, -0.05) is 77.9 Å². The summed E-state index contributed by atoms with van der Waals surface area (Å²) in [6, 6.07) is 22.5. The molecule has 6 atom stereocenters. The Bertz CT molecular complexity index is 1820. The molecule has 2 saturated heterocycles. The van der Waals surface area contributed by atoms with Crippen LogP contribution in [0.4, 0.5) is 10.5 Å². The summed E-state index contributed by atoms with van der Waals surface area (Å²) >= 11 is 0. The van der Waals surface area contributed by atoms with Crippen molar-refractivity contribution in [2.75, 3.05) is 18.6 Å². The molecule has 3 aromatic rings. The molecule has 0 bridgehead atoms. The minimum Gasteiger partial charge on any atom is -0.491 e. The number of primary amides is 1. The Morgan fingerprint density at radius 3 is 2.34 bits per heavy atom. The SMILES string of the molecule is Cc1ccc(NN2C(=O)[C@@H]3C[C@@H]4C(=CC[C@@H]5C(=O)N(C(N)=O)C(=O)[C@@H]54)[C@H](c4ccccc4OCCO)[C@]3(c3ccccc3)C2=O)cc1. The zero-order chi connectivity index (χ0) is 33.0. The topological polar surface area (TPSA) is 159 Å². The number of amides is 6. The first-order chi connectivity index (χ1) is 22.7. The molecule has 4 N–H and O–H groups in total. The lowest BCUT2D eigenvalue weighted by Gasteiger charge is -2.50. The van der Waals surface area contributed by atoms with E-state index in [1.807, 2.05) is 67.6 Å². The third-order valence-electron chi connectivity index (χ3n) is 10.2. The molecule has 1 saturated carbocycles. The lowest BCUT2D eigenvalue weighted by molar-refractivity contribution is -0.139. The Kier molecular flexibility index (Phi) is 7.43. The summed E-state index contributed by atoms with van der Waals surface area (Å²) < 4.78 is 6.02. The van der Waals surface area contributed by atoms with Crippen molar-refractivity contribution in [3.63, 3.8) is 0 Å². The van der Waals surface area contributed by atoms with Crippen molar-refractivity contribution < 1.29 is 33.8 Å². The third kappa shape index (κ3) is 4.48. The molecule has 11 heteroatoms. The molecule has 4 aliphatic rings. The quantitative estimate of drug-likeness (QED) is 0.263. The first kappa shape index (κ1) is 30.4. The molecule has 47 heavy (non-hydrogen) atoms. The summed E-state index contributed by atoms with van der Waals surface area (Å²) in [6.07, 6.45) is 2.13. The summed E-state index contributed by atoms with van der Waals surface area (Å²) in [5.41, 5.74) is 10.6. The number of fused-ring (bicyclic) bond motifs is 4. The molecule has 2 aliphatic heterocycles. The van der Waals surface area contributed by atoms with Gasteiger partial charge >= 0.3 is 6.03 Å². The highest BCUT2D eigenvalue weighted by atomic mass is 16.5. The lowest BCUT2D eigenvalue weighted by Crippen LogP contribution is -2.53. The van der Waals surface area contributed by atoms with Gasteiger partial charge in [0.1, 0.15) is 12.4 Å². The number of nitrogens with zero attached hydrogens (tertiary/aromatic N) is 2. The van der Waals surface area contributed by atoms with E-state index in [0.29, 0.717) is 27.5 Å². The number of hydrazine groups is 1. The predicted molar refractivity (Wildman–Crippen MR) is 169 cm³/mol. The Hall–Kier alpha value is -5.29. The molecular weight excluding hydrogens is 600 g/mol. The van der Waals surface area contributed by atoms with E-state index in [1.54, 1.807) is 24.3 Å². The van der Waals surface area contributed by atoms with Crippen molar-refractivity contribution in [3.05, 3.63) is 107 Å². The van der Waals surface area contributed by atoms with Gasteiger partial charge in [0.2, 0.25) is 11.8 Å². The number of aryl methyl sites for hydroxylation is 1. The van der Waals surface area contributed by atoms with Crippen LogP contribution >= 0.6 is 0 Å². The molecule has 3 fully saturated rings. The second-order valence-electron chi connectivity index (χ2n) is 12.6. The number of ether oxygens (including phenoxy) is 1. The van der Waals surface area contributed by atoms with E-state index in [1.165, 1.54) is 0 Å². The van der Waals surface area contributed by atoms with Gasteiger partial charge in [0.25, 0.3) is 11.8 Å². The van der Waals surface area contributed by atoms with E-state index in [0.717, 1.165) is 16.1 Å². The number of imide groups is 4. The molecule has 2 aliphatic carbocycles. The van der Waals surface area contributed by atoms with Gasteiger partial charge in [-0.2, -0.15) is 9.91 Å².